The number of hydroxylamine groups is 2. The zero-order valence-corrected chi connectivity index (χ0v) is 22.8. The molecule has 1 aromatic rings. The third-order valence-electron chi connectivity index (χ3n) is 8.68. The van der Waals surface area contributed by atoms with E-state index in [0.29, 0.717) is 38.4 Å². The molecule has 2 bridgehead atoms. The highest BCUT2D eigenvalue weighted by molar-refractivity contribution is 9.10. The summed E-state index contributed by atoms with van der Waals surface area (Å²) in [6.45, 7) is 8.44. The lowest BCUT2D eigenvalue weighted by molar-refractivity contribution is -0.183. The first-order valence-corrected chi connectivity index (χ1v) is 13.2. The number of carbonyl (C=O) groups excluding carboxylic acids is 1. The van der Waals surface area contributed by atoms with Crippen LogP contribution in [0.4, 0.5) is 0 Å². The number of ether oxygens (including phenoxy) is 1. The number of aliphatic hydroxyl groups is 2. The van der Waals surface area contributed by atoms with Gasteiger partial charge in [-0.1, -0.05) is 32.4 Å². The van der Waals surface area contributed by atoms with Crippen LogP contribution in [0.5, 0.6) is 5.75 Å². The zero-order chi connectivity index (χ0) is 24.9. The van der Waals surface area contributed by atoms with E-state index in [-0.39, 0.29) is 25.1 Å². The number of nitrogens with one attached hydrogen (secondary N) is 1. The van der Waals surface area contributed by atoms with Gasteiger partial charge in [-0.05, 0) is 71.0 Å². The fourth-order valence-corrected chi connectivity index (χ4v) is 7.65. The van der Waals surface area contributed by atoms with Gasteiger partial charge in [-0.25, -0.2) is 0 Å². The highest BCUT2D eigenvalue weighted by Gasteiger charge is 2.57. The van der Waals surface area contributed by atoms with Crippen LogP contribution in [0, 0.1) is 29.1 Å². The molecule has 0 radical (unpaired) electrons. The Morgan fingerprint density at radius 1 is 1.41 bits per heavy atom. The van der Waals surface area contributed by atoms with Gasteiger partial charge in [0.1, 0.15) is 17.9 Å². The third kappa shape index (κ3) is 4.50. The monoisotopic (exact) mass is 558 g/mol. The van der Waals surface area contributed by atoms with Crippen molar-refractivity contribution in [1.29, 1.82) is 0 Å². The molecule has 4 aliphatic rings. The minimum atomic E-state index is -0.845. The maximum atomic E-state index is 13.7. The van der Waals surface area contributed by atoms with E-state index in [0.717, 1.165) is 12.0 Å². The quantitative estimate of drug-likeness (QED) is 0.471. The second kappa shape index (κ2) is 9.87. The Bertz CT molecular complexity index is 929. The first kappa shape index (κ1) is 26.2. The fraction of sp³-hybridized carbons (Fsp3) is 0.720. The lowest BCUT2D eigenvalue weighted by Crippen LogP contribution is -2.62. The molecule has 1 aromatic carbocycles. The number of amides is 1. The smallest absolute Gasteiger partial charge is 0.240 e. The molecule has 0 aromatic heterocycles. The average molecular weight is 560 g/mol. The van der Waals surface area contributed by atoms with Crippen molar-refractivity contribution in [3.63, 3.8) is 0 Å². The summed E-state index contributed by atoms with van der Waals surface area (Å²) < 4.78 is 6.24. The molecule has 3 N–H and O–H groups in total. The van der Waals surface area contributed by atoms with Gasteiger partial charge in [0.25, 0.3) is 0 Å². The predicted molar refractivity (Wildman–Crippen MR) is 133 cm³/mol. The van der Waals surface area contributed by atoms with Gasteiger partial charge in [0.15, 0.2) is 0 Å². The summed E-state index contributed by atoms with van der Waals surface area (Å²) in [6, 6.07) is 2.83. The molecule has 9 heteroatoms. The number of nitrogens with zero attached hydrogens (tertiary/aromatic N) is 1. The maximum absolute atomic E-state index is 13.7. The van der Waals surface area contributed by atoms with Gasteiger partial charge in [-0.3, -0.25) is 9.63 Å². The van der Waals surface area contributed by atoms with Crippen molar-refractivity contribution >= 4 is 33.4 Å². The molecule has 190 valence electrons. The van der Waals surface area contributed by atoms with Gasteiger partial charge in [0, 0.05) is 22.5 Å². The van der Waals surface area contributed by atoms with E-state index in [9.17, 15) is 15.0 Å². The highest BCUT2D eigenvalue weighted by atomic mass is 79.9. The van der Waals surface area contributed by atoms with Crippen LogP contribution in [0.1, 0.15) is 46.1 Å². The molecule has 1 saturated heterocycles. The van der Waals surface area contributed by atoms with Crippen LogP contribution < -0.4 is 10.1 Å². The Labute approximate surface area is 215 Å². The summed E-state index contributed by atoms with van der Waals surface area (Å²) in [5.74, 6) is 1.42. The molecule has 3 saturated carbocycles. The molecule has 8 atom stereocenters. The van der Waals surface area contributed by atoms with Gasteiger partial charge in [-0.15, -0.1) is 0 Å². The summed E-state index contributed by atoms with van der Waals surface area (Å²) in [7, 11) is 1.57. The van der Waals surface area contributed by atoms with E-state index in [4.69, 9.17) is 21.2 Å². The molecule has 1 heterocycles. The fourth-order valence-electron chi connectivity index (χ4n) is 6.61. The van der Waals surface area contributed by atoms with E-state index in [1.54, 1.807) is 31.2 Å². The van der Waals surface area contributed by atoms with E-state index in [1.807, 2.05) is 0 Å². The number of aliphatic hydroxyl groups excluding tert-OH is 2. The van der Waals surface area contributed by atoms with Crippen molar-refractivity contribution in [3.05, 3.63) is 27.2 Å². The topological polar surface area (TPSA) is 91.3 Å². The Balaban J connectivity index is 1.59. The lowest BCUT2D eigenvalue weighted by Gasteiger charge is -2.62. The van der Waals surface area contributed by atoms with Gasteiger partial charge < -0.3 is 20.3 Å². The van der Waals surface area contributed by atoms with Crippen molar-refractivity contribution in [3.8, 4) is 5.75 Å². The summed E-state index contributed by atoms with van der Waals surface area (Å²) in [5.41, 5.74) is 1.06. The summed E-state index contributed by atoms with van der Waals surface area (Å²) in [4.78, 5) is 19.7. The SMILES string of the molecule is COc1c(Br)cc(Cl)cc1CN1O[C@@H](CO)[C@@H]([C@H](C)O)[C@H]1C(=O)N[C@H]1C[C@@H]2C[C@H]([C@@H]1C)C2(C)C. The van der Waals surface area contributed by atoms with Crippen LogP contribution in [0.25, 0.3) is 0 Å². The lowest BCUT2D eigenvalue weighted by atomic mass is 9.45. The number of rotatable bonds is 7. The number of hydrogen-bond donors (Lipinski definition) is 3. The van der Waals surface area contributed by atoms with Crippen molar-refractivity contribution in [2.45, 2.75) is 71.4 Å². The van der Waals surface area contributed by atoms with Crippen molar-refractivity contribution in [2.75, 3.05) is 13.7 Å². The summed E-state index contributed by atoms with van der Waals surface area (Å²) in [6.07, 6.45) is 0.648. The standard InChI is InChI=1S/C25H36BrClN2O5/c1-12-17-7-15(25(17,3)4)8-19(12)28-24(32)22-21(13(2)31)20(11-30)34-29(22)10-14-6-16(27)9-18(26)23(14)33-5/h6,9,12-13,15,17,19-22,30-31H,7-8,10-11H2,1-5H3,(H,28,32)/t12-,13-,15-,17+,19-,20-,21+,22-/m0/s1. The summed E-state index contributed by atoms with van der Waals surface area (Å²) >= 11 is 9.76. The number of carbonyl (C=O) groups is 1. The van der Waals surface area contributed by atoms with Crippen LogP contribution in [-0.4, -0.2) is 59.2 Å². The second-order valence-corrected chi connectivity index (χ2v) is 12.1. The van der Waals surface area contributed by atoms with Crippen molar-refractivity contribution in [2.24, 2.45) is 29.1 Å². The van der Waals surface area contributed by atoms with Crippen LogP contribution in [-0.2, 0) is 16.2 Å². The van der Waals surface area contributed by atoms with Gasteiger partial charge >= 0.3 is 0 Å². The first-order chi connectivity index (χ1) is 16.0. The van der Waals surface area contributed by atoms with Crippen LogP contribution in [0.15, 0.2) is 16.6 Å². The largest absolute Gasteiger partial charge is 0.495 e. The molecule has 34 heavy (non-hydrogen) atoms. The van der Waals surface area contributed by atoms with E-state index < -0.39 is 24.2 Å². The molecule has 3 aliphatic carbocycles. The molecular weight excluding hydrogens is 524 g/mol. The highest BCUT2D eigenvalue weighted by Crippen LogP contribution is 2.61. The molecule has 1 aliphatic heterocycles. The zero-order valence-electron chi connectivity index (χ0n) is 20.4. The number of methoxy groups -OCH3 is 1. The Hall–Kier alpha value is -0.900. The number of hydrogen-bond acceptors (Lipinski definition) is 6. The minimum absolute atomic E-state index is 0.0869. The Kier molecular flexibility index (Phi) is 7.59. The van der Waals surface area contributed by atoms with Gasteiger partial charge in [0.05, 0.1) is 30.8 Å². The summed E-state index contributed by atoms with van der Waals surface area (Å²) in [5, 5.41) is 25.9. The molecule has 7 nitrogen and oxygen atoms in total. The van der Waals surface area contributed by atoms with E-state index >= 15 is 0 Å². The van der Waals surface area contributed by atoms with Crippen LogP contribution in [0.3, 0.4) is 0 Å². The second-order valence-electron chi connectivity index (χ2n) is 10.8. The van der Waals surface area contributed by atoms with Gasteiger partial charge in [0.2, 0.25) is 5.91 Å². The first-order valence-electron chi connectivity index (χ1n) is 12.0. The molecule has 0 unspecified atom stereocenters. The van der Waals surface area contributed by atoms with E-state index in [2.05, 4.69) is 42.0 Å². The van der Waals surface area contributed by atoms with E-state index in [1.165, 1.54) is 6.42 Å². The van der Waals surface area contributed by atoms with Crippen LogP contribution in [0.2, 0.25) is 5.02 Å². The predicted octanol–water partition coefficient (Wildman–Crippen LogP) is 3.77. The third-order valence-corrected chi connectivity index (χ3v) is 9.49. The maximum Gasteiger partial charge on any atom is 0.240 e. The molecule has 4 fully saturated rings. The van der Waals surface area contributed by atoms with Crippen molar-refractivity contribution in [1.82, 2.24) is 10.4 Å². The minimum Gasteiger partial charge on any atom is -0.495 e. The average Bonchev–Trinajstić information content (AvgIpc) is 3.13. The Morgan fingerprint density at radius 3 is 2.68 bits per heavy atom. The molecule has 1 amide bonds. The number of benzene rings is 1. The molecule has 0 spiro atoms. The normalized spacial score (nSPS) is 35.5. The number of fused-ring (bicyclic) bond motifs is 2. The van der Waals surface area contributed by atoms with Gasteiger partial charge in [-0.2, -0.15) is 5.06 Å². The van der Waals surface area contributed by atoms with Crippen LogP contribution >= 0.6 is 27.5 Å². The molecule has 5 rings (SSSR count). The number of halogens is 2. The Morgan fingerprint density at radius 2 is 2.12 bits per heavy atom. The molecular formula is C25H36BrClN2O5. The van der Waals surface area contributed by atoms with Crippen molar-refractivity contribution < 1.29 is 24.6 Å².